The lowest BCUT2D eigenvalue weighted by molar-refractivity contribution is -0.119. The second-order valence-electron chi connectivity index (χ2n) is 3.25. The number of carbonyl (C=O) groups excluding carboxylic acids is 2. The molecule has 1 unspecified atom stereocenters. The molecule has 2 rings (SSSR count). The zero-order valence-corrected chi connectivity index (χ0v) is 7.49. The molecule has 1 aromatic rings. The highest BCUT2D eigenvalue weighted by atomic mass is 16.2. The van der Waals surface area contributed by atoms with Crippen molar-refractivity contribution in [1.82, 2.24) is 5.32 Å². The number of benzene rings is 1. The molecule has 0 saturated carbocycles. The molecule has 0 radical (unpaired) electrons. The molecule has 0 fully saturated rings. The number of amides is 2. The van der Waals surface area contributed by atoms with E-state index in [1.165, 1.54) is 0 Å². The van der Waals surface area contributed by atoms with E-state index in [4.69, 9.17) is 5.73 Å². The first-order chi connectivity index (χ1) is 6.70. The van der Waals surface area contributed by atoms with Gasteiger partial charge in [0, 0.05) is 12.1 Å². The van der Waals surface area contributed by atoms with E-state index in [1.807, 2.05) is 0 Å². The molecule has 14 heavy (non-hydrogen) atoms. The summed E-state index contributed by atoms with van der Waals surface area (Å²) in [6, 6.07) is 7.03. The summed E-state index contributed by atoms with van der Waals surface area (Å²) < 4.78 is 0. The summed E-state index contributed by atoms with van der Waals surface area (Å²) >= 11 is 0. The number of nitrogens with two attached hydrogens (primary N) is 1. The minimum absolute atomic E-state index is 0.141. The Labute approximate surface area is 81.1 Å². The molecule has 0 aliphatic carbocycles. The number of carbonyl (C=O) groups is 2. The fraction of sp³-hybridized carbons (Fsp3) is 0.200. The van der Waals surface area contributed by atoms with Crippen molar-refractivity contribution in [2.75, 3.05) is 6.54 Å². The average Bonchev–Trinajstić information content (AvgIpc) is 2.18. The minimum Gasteiger partial charge on any atom is -0.369 e. The molecule has 4 heteroatoms. The van der Waals surface area contributed by atoms with E-state index < -0.39 is 11.8 Å². The van der Waals surface area contributed by atoms with Crippen LogP contribution in [0.3, 0.4) is 0 Å². The van der Waals surface area contributed by atoms with Gasteiger partial charge in [-0.3, -0.25) is 9.59 Å². The maximum Gasteiger partial charge on any atom is 0.251 e. The molecule has 0 bridgehead atoms. The first-order valence-electron chi connectivity index (χ1n) is 4.36. The number of primary amides is 1. The quantitative estimate of drug-likeness (QED) is 0.654. The van der Waals surface area contributed by atoms with Crippen molar-refractivity contribution in [1.29, 1.82) is 0 Å². The van der Waals surface area contributed by atoms with Gasteiger partial charge in [0.1, 0.15) is 0 Å². The largest absolute Gasteiger partial charge is 0.369 e. The third-order valence-electron chi connectivity index (χ3n) is 2.39. The molecular weight excluding hydrogens is 180 g/mol. The number of hydrogen-bond acceptors (Lipinski definition) is 2. The standard InChI is InChI=1S/C10H10N2O2/c11-9(13)8-5-12-10(14)7-4-2-1-3-6(7)8/h1-4,8H,5H2,(H2,11,13)(H,12,14). The Morgan fingerprint density at radius 1 is 1.43 bits per heavy atom. The lowest BCUT2D eigenvalue weighted by Gasteiger charge is -2.22. The predicted octanol–water partition coefficient (Wildman–Crippen LogP) is -0.00110. The van der Waals surface area contributed by atoms with Crippen molar-refractivity contribution in [2.45, 2.75) is 5.92 Å². The van der Waals surface area contributed by atoms with Gasteiger partial charge in [0.2, 0.25) is 5.91 Å². The van der Waals surface area contributed by atoms with Crippen LogP contribution in [0.25, 0.3) is 0 Å². The molecule has 3 N–H and O–H groups in total. The topological polar surface area (TPSA) is 72.2 Å². The normalized spacial score (nSPS) is 19.7. The Kier molecular flexibility index (Phi) is 1.96. The van der Waals surface area contributed by atoms with Gasteiger partial charge in [-0.05, 0) is 11.6 Å². The fourth-order valence-electron chi connectivity index (χ4n) is 1.66. The molecule has 1 aromatic carbocycles. The van der Waals surface area contributed by atoms with Crippen LogP contribution in [-0.4, -0.2) is 18.4 Å². The summed E-state index contributed by atoms with van der Waals surface area (Å²) in [5.74, 6) is -0.945. The highest BCUT2D eigenvalue weighted by molar-refractivity contribution is 6.00. The van der Waals surface area contributed by atoms with Gasteiger partial charge in [-0.25, -0.2) is 0 Å². The Morgan fingerprint density at radius 3 is 2.86 bits per heavy atom. The number of fused-ring (bicyclic) bond motifs is 1. The molecule has 0 aromatic heterocycles. The molecular formula is C10H10N2O2. The van der Waals surface area contributed by atoms with Gasteiger partial charge in [0.25, 0.3) is 5.91 Å². The Bertz CT molecular complexity index is 401. The van der Waals surface area contributed by atoms with Gasteiger partial charge in [-0.1, -0.05) is 18.2 Å². The van der Waals surface area contributed by atoms with E-state index in [0.717, 1.165) is 5.56 Å². The zero-order chi connectivity index (χ0) is 10.1. The fourth-order valence-corrected chi connectivity index (χ4v) is 1.66. The van der Waals surface area contributed by atoms with Crippen LogP contribution >= 0.6 is 0 Å². The monoisotopic (exact) mass is 190 g/mol. The van der Waals surface area contributed by atoms with E-state index in [2.05, 4.69) is 5.32 Å². The van der Waals surface area contributed by atoms with Crippen LogP contribution in [0.5, 0.6) is 0 Å². The highest BCUT2D eigenvalue weighted by Gasteiger charge is 2.28. The van der Waals surface area contributed by atoms with Crippen molar-refractivity contribution >= 4 is 11.8 Å². The van der Waals surface area contributed by atoms with Gasteiger partial charge in [0.15, 0.2) is 0 Å². The Morgan fingerprint density at radius 2 is 2.14 bits per heavy atom. The molecule has 0 saturated heterocycles. The lowest BCUT2D eigenvalue weighted by Crippen LogP contribution is -2.40. The SMILES string of the molecule is NC(=O)C1CNC(=O)c2ccccc21. The number of rotatable bonds is 1. The molecule has 1 aliphatic heterocycles. The number of hydrogen-bond donors (Lipinski definition) is 2. The summed E-state index contributed by atoms with van der Waals surface area (Å²) in [6.45, 7) is 0.297. The maximum atomic E-state index is 11.4. The van der Waals surface area contributed by atoms with E-state index in [0.29, 0.717) is 12.1 Å². The van der Waals surface area contributed by atoms with Gasteiger partial charge in [-0.2, -0.15) is 0 Å². The van der Waals surface area contributed by atoms with E-state index in [1.54, 1.807) is 24.3 Å². The molecule has 1 aliphatic rings. The minimum atomic E-state index is -0.405. The second-order valence-corrected chi connectivity index (χ2v) is 3.25. The molecule has 1 heterocycles. The lowest BCUT2D eigenvalue weighted by atomic mass is 9.90. The summed E-state index contributed by atoms with van der Waals surface area (Å²) in [5, 5.41) is 2.63. The van der Waals surface area contributed by atoms with E-state index in [-0.39, 0.29) is 5.91 Å². The van der Waals surface area contributed by atoms with Gasteiger partial charge in [-0.15, -0.1) is 0 Å². The van der Waals surface area contributed by atoms with Crippen LogP contribution in [0.1, 0.15) is 21.8 Å². The van der Waals surface area contributed by atoms with Crippen LogP contribution in [0.2, 0.25) is 0 Å². The van der Waals surface area contributed by atoms with E-state index in [9.17, 15) is 9.59 Å². The Balaban J connectivity index is 2.52. The van der Waals surface area contributed by atoms with Crippen molar-refractivity contribution in [3.63, 3.8) is 0 Å². The van der Waals surface area contributed by atoms with Crippen LogP contribution < -0.4 is 11.1 Å². The summed E-state index contributed by atoms with van der Waals surface area (Å²) in [6.07, 6.45) is 0. The summed E-state index contributed by atoms with van der Waals surface area (Å²) in [5.41, 5.74) is 6.51. The molecule has 0 spiro atoms. The van der Waals surface area contributed by atoms with Crippen molar-refractivity contribution in [2.24, 2.45) is 5.73 Å². The predicted molar refractivity (Wildman–Crippen MR) is 50.7 cm³/mol. The second kappa shape index (κ2) is 3.14. The smallest absolute Gasteiger partial charge is 0.251 e. The van der Waals surface area contributed by atoms with Crippen LogP contribution in [0.4, 0.5) is 0 Å². The maximum absolute atomic E-state index is 11.4. The van der Waals surface area contributed by atoms with Crippen LogP contribution in [0, 0.1) is 0 Å². The first-order valence-corrected chi connectivity index (χ1v) is 4.36. The summed E-state index contributed by atoms with van der Waals surface area (Å²) in [4.78, 5) is 22.5. The van der Waals surface area contributed by atoms with E-state index >= 15 is 0 Å². The first kappa shape index (κ1) is 8.74. The molecule has 72 valence electrons. The van der Waals surface area contributed by atoms with Crippen molar-refractivity contribution < 1.29 is 9.59 Å². The van der Waals surface area contributed by atoms with Gasteiger partial charge < -0.3 is 11.1 Å². The third-order valence-corrected chi connectivity index (χ3v) is 2.39. The molecule has 2 amide bonds. The van der Waals surface area contributed by atoms with Gasteiger partial charge >= 0.3 is 0 Å². The third kappa shape index (κ3) is 1.25. The average molecular weight is 190 g/mol. The molecule has 1 atom stereocenters. The summed E-state index contributed by atoms with van der Waals surface area (Å²) in [7, 11) is 0. The highest BCUT2D eigenvalue weighted by Crippen LogP contribution is 2.22. The molecule has 4 nitrogen and oxygen atoms in total. The van der Waals surface area contributed by atoms with Crippen molar-refractivity contribution in [3.05, 3.63) is 35.4 Å². The van der Waals surface area contributed by atoms with Crippen LogP contribution in [0.15, 0.2) is 24.3 Å². The van der Waals surface area contributed by atoms with Crippen molar-refractivity contribution in [3.8, 4) is 0 Å². The Hall–Kier alpha value is -1.84. The zero-order valence-electron chi connectivity index (χ0n) is 7.49. The van der Waals surface area contributed by atoms with Gasteiger partial charge in [0.05, 0.1) is 5.92 Å². The number of nitrogens with one attached hydrogen (secondary N) is 1. The van der Waals surface area contributed by atoms with Crippen LogP contribution in [-0.2, 0) is 4.79 Å².